The Bertz CT molecular complexity index is 700. The third-order valence-corrected chi connectivity index (χ3v) is 3.32. The summed E-state index contributed by atoms with van der Waals surface area (Å²) in [5.74, 6) is 0.197. The molecule has 19 heavy (non-hydrogen) atoms. The molecular formula is C17H14O2. The summed E-state index contributed by atoms with van der Waals surface area (Å²) in [5, 5.41) is 22.2. The molecule has 2 nitrogen and oxygen atoms in total. The maximum absolute atomic E-state index is 10.5. The lowest BCUT2D eigenvalue weighted by atomic mass is 9.95. The minimum Gasteiger partial charge on any atom is -0.507 e. The summed E-state index contributed by atoms with van der Waals surface area (Å²) >= 11 is 0. The molecule has 1 unspecified atom stereocenters. The quantitative estimate of drug-likeness (QED) is 0.729. The van der Waals surface area contributed by atoms with Crippen LogP contribution in [-0.4, -0.2) is 10.2 Å². The summed E-state index contributed by atoms with van der Waals surface area (Å²) in [6.45, 7) is 0. The van der Waals surface area contributed by atoms with Crippen LogP contribution in [0.3, 0.4) is 0 Å². The molecule has 3 aromatic carbocycles. The summed E-state index contributed by atoms with van der Waals surface area (Å²) in [7, 11) is 0. The number of aromatic hydroxyl groups is 1. The predicted molar refractivity (Wildman–Crippen MR) is 76.1 cm³/mol. The third-order valence-electron chi connectivity index (χ3n) is 3.32. The van der Waals surface area contributed by atoms with Gasteiger partial charge >= 0.3 is 0 Å². The molecule has 0 aromatic heterocycles. The second-order valence-corrected chi connectivity index (χ2v) is 4.54. The van der Waals surface area contributed by atoms with Gasteiger partial charge < -0.3 is 10.2 Å². The Kier molecular flexibility index (Phi) is 2.94. The van der Waals surface area contributed by atoms with Crippen LogP contribution in [0.2, 0.25) is 0 Å². The smallest absolute Gasteiger partial charge is 0.123 e. The normalized spacial score (nSPS) is 12.5. The second kappa shape index (κ2) is 4.75. The monoisotopic (exact) mass is 250 g/mol. The van der Waals surface area contributed by atoms with E-state index in [-0.39, 0.29) is 5.75 Å². The molecule has 0 saturated carbocycles. The van der Waals surface area contributed by atoms with Gasteiger partial charge in [0.1, 0.15) is 11.9 Å². The van der Waals surface area contributed by atoms with Gasteiger partial charge in [0.2, 0.25) is 0 Å². The van der Waals surface area contributed by atoms with Gasteiger partial charge in [-0.3, -0.25) is 0 Å². The van der Waals surface area contributed by atoms with Crippen LogP contribution >= 0.6 is 0 Å². The van der Waals surface area contributed by atoms with Crippen molar-refractivity contribution in [3.8, 4) is 5.75 Å². The van der Waals surface area contributed by atoms with E-state index in [0.717, 1.165) is 16.5 Å². The highest BCUT2D eigenvalue weighted by atomic mass is 16.3. The first-order chi connectivity index (χ1) is 9.27. The van der Waals surface area contributed by atoms with Gasteiger partial charge in [-0.05, 0) is 22.6 Å². The van der Waals surface area contributed by atoms with Crippen molar-refractivity contribution in [2.75, 3.05) is 0 Å². The lowest BCUT2D eigenvalue weighted by Crippen LogP contribution is -2.00. The lowest BCUT2D eigenvalue weighted by Gasteiger charge is -2.15. The number of hydrogen-bond acceptors (Lipinski definition) is 2. The fourth-order valence-corrected chi connectivity index (χ4v) is 2.39. The van der Waals surface area contributed by atoms with Gasteiger partial charge in [0, 0.05) is 5.39 Å². The van der Waals surface area contributed by atoms with Crippen LogP contribution in [-0.2, 0) is 0 Å². The number of hydrogen-bond donors (Lipinski definition) is 2. The number of phenols is 1. The highest BCUT2D eigenvalue weighted by Gasteiger charge is 2.15. The van der Waals surface area contributed by atoms with Crippen molar-refractivity contribution in [3.05, 3.63) is 77.9 Å². The van der Waals surface area contributed by atoms with E-state index < -0.39 is 6.10 Å². The average Bonchev–Trinajstić information content (AvgIpc) is 2.47. The van der Waals surface area contributed by atoms with Crippen molar-refractivity contribution in [2.45, 2.75) is 6.10 Å². The molecule has 0 saturated heterocycles. The highest BCUT2D eigenvalue weighted by Crippen LogP contribution is 2.33. The molecule has 0 amide bonds. The Labute approximate surface area is 111 Å². The summed E-state index contributed by atoms with van der Waals surface area (Å²) in [6, 6.07) is 20.5. The fraction of sp³-hybridized carbons (Fsp3) is 0.0588. The molecule has 1 atom stereocenters. The van der Waals surface area contributed by atoms with E-state index in [2.05, 4.69) is 0 Å². The van der Waals surface area contributed by atoms with E-state index in [1.54, 1.807) is 12.1 Å². The molecule has 0 bridgehead atoms. The molecule has 0 heterocycles. The molecule has 0 spiro atoms. The number of benzene rings is 3. The maximum atomic E-state index is 10.5. The molecule has 3 rings (SSSR count). The van der Waals surface area contributed by atoms with Gasteiger partial charge in [0.05, 0.1) is 0 Å². The molecule has 2 heteroatoms. The summed E-state index contributed by atoms with van der Waals surface area (Å²) in [6.07, 6.45) is -0.738. The van der Waals surface area contributed by atoms with Crippen LogP contribution in [0.15, 0.2) is 66.7 Å². The zero-order chi connectivity index (χ0) is 13.2. The second-order valence-electron chi connectivity index (χ2n) is 4.54. The van der Waals surface area contributed by atoms with Crippen molar-refractivity contribution in [3.63, 3.8) is 0 Å². The van der Waals surface area contributed by atoms with Crippen LogP contribution < -0.4 is 0 Å². The number of phenolic OH excluding ortho intramolecular Hbond substituents is 1. The summed E-state index contributed by atoms with van der Waals surface area (Å²) in [5.41, 5.74) is 1.54. The summed E-state index contributed by atoms with van der Waals surface area (Å²) in [4.78, 5) is 0. The Morgan fingerprint density at radius 2 is 1.42 bits per heavy atom. The first kappa shape index (κ1) is 11.8. The van der Waals surface area contributed by atoms with Crippen LogP contribution in [0.4, 0.5) is 0 Å². The van der Waals surface area contributed by atoms with Crippen molar-refractivity contribution in [2.24, 2.45) is 0 Å². The zero-order valence-electron chi connectivity index (χ0n) is 10.3. The first-order valence-electron chi connectivity index (χ1n) is 6.21. The third kappa shape index (κ3) is 2.07. The number of aliphatic hydroxyl groups excluding tert-OH is 1. The molecule has 0 fully saturated rings. The predicted octanol–water partition coefficient (Wildman–Crippen LogP) is 3.63. The van der Waals surface area contributed by atoms with Gasteiger partial charge in [-0.25, -0.2) is 0 Å². The molecule has 0 aliphatic heterocycles. The van der Waals surface area contributed by atoms with Crippen LogP contribution in [0.5, 0.6) is 5.75 Å². The fourth-order valence-electron chi connectivity index (χ4n) is 2.39. The molecule has 0 aliphatic carbocycles. The Hall–Kier alpha value is -2.32. The van der Waals surface area contributed by atoms with Crippen LogP contribution in [0.1, 0.15) is 17.2 Å². The van der Waals surface area contributed by atoms with Crippen molar-refractivity contribution in [1.29, 1.82) is 0 Å². The van der Waals surface area contributed by atoms with Crippen LogP contribution in [0.25, 0.3) is 10.8 Å². The van der Waals surface area contributed by atoms with Crippen LogP contribution in [0, 0.1) is 0 Å². The first-order valence-corrected chi connectivity index (χ1v) is 6.21. The SMILES string of the molecule is Oc1cccc2cccc(C(O)c3ccccc3)c12. The van der Waals surface area contributed by atoms with Gasteiger partial charge in [0.25, 0.3) is 0 Å². The topological polar surface area (TPSA) is 40.5 Å². The van der Waals surface area contributed by atoms with E-state index in [1.807, 2.05) is 54.6 Å². The van der Waals surface area contributed by atoms with Gasteiger partial charge in [0.15, 0.2) is 0 Å². The molecule has 94 valence electrons. The molecule has 0 radical (unpaired) electrons. The standard InChI is InChI=1S/C17H14O2/c18-15-11-5-9-12-8-4-10-14(16(12)15)17(19)13-6-2-1-3-7-13/h1-11,17-19H. The zero-order valence-corrected chi connectivity index (χ0v) is 10.3. The number of aliphatic hydroxyl groups is 1. The van der Waals surface area contributed by atoms with E-state index in [0.29, 0.717) is 5.39 Å². The molecule has 3 aromatic rings. The lowest BCUT2D eigenvalue weighted by molar-refractivity contribution is 0.221. The molecular weight excluding hydrogens is 236 g/mol. The average molecular weight is 250 g/mol. The number of rotatable bonds is 2. The molecule has 0 aliphatic rings. The van der Waals surface area contributed by atoms with Crippen molar-refractivity contribution >= 4 is 10.8 Å². The van der Waals surface area contributed by atoms with E-state index in [4.69, 9.17) is 0 Å². The van der Waals surface area contributed by atoms with E-state index >= 15 is 0 Å². The minimum atomic E-state index is -0.738. The van der Waals surface area contributed by atoms with Crippen molar-refractivity contribution < 1.29 is 10.2 Å². The van der Waals surface area contributed by atoms with E-state index in [1.165, 1.54) is 0 Å². The van der Waals surface area contributed by atoms with Gasteiger partial charge in [-0.2, -0.15) is 0 Å². The Morgan fingerprint density at radius 3 is 2.16 bits per heavy atom. The Balaban J connectivity index is 2.21. The number of fused-ring (bicyclic) bond motifs is 1. The van der Waals surface area contributed by atoms with Gasteiger partial charge in [-0.15, -0.1) is 0 Å². The largest absolute Gasteiger partial charge is 0.507 e. The minimum absolute atomic E-state index is 0.197. The highest BCUT2D eigenvalue weighted by molar-refractivity contribution is 5.91. The van der Waals surface area contributed by atoms with E-state index in [9.17, 15) is 10.2 Å². The summed E-state index contributed by atoms with van der Waals surface area (Å²) < 4.78 is 0. The van der Waals surface area contributed by atoms with Crippen molar-refractivity contribution in [1.82, 2.24) is 0 Å². The van der Waals surface area contributed by atoms with Gasteiger partial charge in [-0.1, -0.05) is 60.7 Å². The maximum Gasteiger partial charge on any atom is 0.123 e. The Morgan fingerprint density at radius 1 is 0.737 bits per heavy atom. The molecule has 2 N–H and O–H groups in total.